The van der Waals surface area contributed by atoms with Crippen LogP contribution in [-0.4, -0.2) is 27.4 Å². The molecule has 0 spiro atoms. The number of carbonyl (C=O) groups excluding carboxylic acids is 1. The molecule has 5 nitrogen and oxygen atoms in total. The highest BCUT2D eigenvalue weighted by atomic mass is 35.5. The molecule has 0 saturated heterocycles. The summed E-state index contributed by atoms with van der Waals surface area (Å²) in [5.74, 6) is -0.323. The number of amides is 1. The van der Waals surface area contributed by atoms with Crippen LogP contribution in [0.5, 0.6) is 0 Å². The first-order chi connectivity index (χ1) is 14.0. The van der Waals surface area contributed by atoms with Gasteiger partial charge in [0, 0.05) is 23.5 Å². The van der Waals surface area contributed by atoms with Crippen LogP contribution in [-0.2, 0) is 22.9 Å². The molecule has 0 bridgehead atoms. The monoisotopic (exact) mass is 446 g/mol. The maximum absolute atomic E-state index is 13.3. The molecule has 3 aromatic rings. The smallest absolute Gasteiger partial charge is 0.265 e. The first-order valence-corrected chi connectivity index (χ1v) is 11.9. The number of rotatable bonds is 6. The Labute approximate surface area is 179 Å². The Morgan fingerprint density at radius 1 is 1.14 bits per heavy atom. The highest BCUT2D eigenvalue weighted by molar-refractivity contribution is 7.93. The Balaban J connectivity index is 1.56. The van der Waals surface area contributed by atoms with Gasteiger partial charge < -0.3 is 5.32 Å². The highest BCUT2D eigenvalue weighted by Gasteiger charge is 2.32. The van der Waals surface area contributed by atoms with Crippen molar-refractivity contribution in [3.05, 3.63) is 81.0 Å². The van der Waals surface area contributed by atoms with Crippen LogP contribution in [0.2, 0.25) is 5.02 Å². The third kappa shape index (κ3) is 4.03. The van der Waals surface area contributed by atoms with Gasteiger partial charge in [0.1, 0.15) is 4.90 Å². The minimum atomic E-state index is -3.87. The van der Waals surface area contributed by atoms with Gasteiger partial charge in [-0.15, -0.1) is 11.3 Å². The number of nitrogens with zero attached hydrogens (tertiary/aromatic N) is 1. The number of sulfonamides is 1. The van der Waals surface area contributed by atoms with Gasteiger partial charge in [0.25, 0.3) is 15.9 Å². The summed E-state index contributed by atoms with van der Waals surface area (Å²) in [6.45, 7) is 0.832. The lowest BCUT2D eigenvalue weighted by molar-refractivity contribution is 0.0954. The van der Waals surface area contributed by atoms with Crippen LogP contribution >= 0.6 is 22.9 Å². The van der Waals surface area contributed by atoms with Gasteiger partial charge in [0.2, 0.25) is 0 Å². The highest BCUT2D eigenvalue weighted by Crippen LogP contribution is 2.35. The molecule has 0 atom stereocenters. The second-order valence-corrected chi connectivity index (χ2v) is 9.96. The second kappa shape index (κ2) is 8.18. The standard InChI is InChI=1S/C21H19ClN2O3S2/c22-18-8-7-16(21(25)23-11-9-17-5-3-13-28-17)14-20(18)29(26,27)24-12-10-15-4-1-2-6-19(15)24/h1-8,13-14H,9-12H2,(H,23,25). The molecule has 0 fully saturated rings. The van der Waals surface area contributed by atoms with Crippen LogP contribution in [0.4, 0.5) is 5.69 Å². The predicted octanol–water partition coefficient (Wildman–Crippen LogP) is 4.13. The number of anilines is 1. The lowest BCUT2D eigenvalue weighted by Gasteiger charge is -2.20. The number of hydrogen-bond donors (Lipinski definition) is 1. The summed E-state index contributed by atoms with van der Waals surface area (Å²) in [4.78, 5) is 13.6. The number of para-hydroxylation sites is 1. The zero-order chi connectivity index (χ0) is 20.4. The van der Waals surface area contributed by atoms with Crippen molar-refractivity contribution in [2.45, 2.75) is 17.7 Å². The summed E-state index contributed by atoms with van der Waals surface area (Å²) in [7, 11) is -3.87. The van der Waals surface area contributed by atoms with Crippen LogP contribution < -0.4 is 9.62 Å². The van der Waals surface area contributed by atoms with E-state index in [1.54, 1.807) is 23.5 Å². The van der Waals surface area contributed by atoms with E-state index in [1.165, 1.54) is 21.3 Å². The van der Waals surface area contributed by atoms with Crippen LogP contribution in [0.15, 0.2) is 64.9 Å². The summed E-state index contributed by atoms with van der Waals surface area (Å²) >= 11 is 7.86. The Morgan fingerprint density at radius 2 is 1.97 bits per heavy atom. The molecule has 2 aromatic carbocycles. The Morgan fingerprint density at radius 3 is 2.76 bits per heavy atom. The molecule has 29 heavy (non-hydrogen) atoms. The van der Waals surface area contributed by atoms with E-state index in [9.17, 15) is 13.2 Å². The van der Waals surface area contributed by atoms with Gasteiger partial charge in [0.15, 0.2) is 0 Å². The fourth-order valence-electron chi connectivity index (χ4n) is 3.37. The second-order valence-electron chi connectivity index (χ2n) is 6.69. The van der Waals surface area contributed by atoms with E-state index < -0.39 is 10.0 Å². The van der Waals surface area contributed by atoms with E-state index >= 15 is 0 Å². The van der Waals surface area contributed by atoms with Gasteiger partial charge in [0.05, 0.1) is 10.7 Å². The molecule has 8 heteroatoms. The van der Waals surface area contributed by atoms with Crippen LogP contribution in [0, 0.1) is 0 Å². The molecule has 1 aromatic heterocycles. The zero-order valence-electron chi connectivity index (χ0n) is 15.5. The average Bonchev–Trinajstić information content (AvgIpc) is 3.38. The molecule has 0 radical (unpaired) electrons. The molecule has 1 N–H and O–H groups in total. The number of fused-ring (bicyclic) bond motifs is 1. The molecule has 4 rings (SSSR count). The molecular weight excluding hydrogens is 428 g/mol. The number of halogens is 1. The average molecular weight is 447 g/mol. The molecule has 1 aliphatic rings. The topological polar surface area (TPSA) is 66.5 Å². The van der Waals surface area contributed by atoms with Gasteiger partial charge in [-0.2, -0.15) is 0 Å². The molecule has 2 heterocycles. The largest absolute Gasteiger partial charge is 0.352 e. The third-order valence-electron chi connectivity index (χ3n) is 4.84. The van der Waals surface area contributed by atoms with E-state index in [0.29, 0.717) is 25.2 Å². The van der Waals surface area contributed by atoms with Gasteiger partial charge in [-0.3, -0.25) is 9.10 Å². The lowest BCUT2D eigenvalue weighted by Crippen LogP contribution is -2.30. The normalized spacial score (nSPS) is 13.3. The minimum Gasteiger partial charge on any atom is -0.352 e. The predicted molar refractivity (Wildman–Crippen MR) is 116 cm³/mol. The van der Waals surface area contributed by atoms with Crippen LogP contribution in [0.3, 0.4) is 0 Å². The van der Waals surface area contributed by atoms with E-state index in [1.807, 2.05) is 35.7 Å². The van der Waals surface area contributed by atoms with Crippen molar-refractivity contribution in [3.8, 4) is 0 Å². The lowest BCUT2D eigenvalue weighted by atomic mass is 10.2. The molecule has 1 amide bonds. The minimum absolute atomic E-state index is 0.0539. The van der Waals surface area contributed by atoms with Crippen molar-refractivity contribution >= 4 is 44.6 Å². The van der Waals surface area contributed by atoms with Gasteiger partial charge in [-0.05, 0) is 54.1 Å². The first-order valence-electron chi connectivity index (χ1n) is 9.17. The number of benzene rings is 2. The number of carbonyl (C=O) groups is 1. The fraction of sp³-hybridized carbons (Fsp3) is 0.190. The molecule has 150 valence electrons. The number of nitrogens with one attached hydrogen (secondary N) is 1. The number of hydrogen-bond acceptors (Lipinski definition) is 4. The Bertz CT molecular complexity index is 1140. The summed E-state index contributed by atoms with van der Waals surface area (Å²) in [5.41, 5.74) is 1.91. The summed E-state index contributed by atoms with van der Waals surface area (Å²) in [5, 5.41) is 4.93. The maximum atomic E-state index is 13.3. The van der Waals surface area contributed by atoms with Crippen molar-refractivity contribution < 1.29 is 13.2 Å². The quantitative estimate of drug-likeness (QED) is 0.619. The SMILES string of the molecule is O=C(NCCc1cccs1)c1ccc(Cl)c(S(=O)(=O)N2CCc3ccccc32)c1. The van der Waals surface area contributed by atoms with E-state index in [0.717, 1.165) is 12.0 Å². The molecule has 0 unspecified atom stereocenters. The van der Waals surface area contributed by atoms with Crippen molar-refractivity contribution in [1.29, 1.82) is 0 Å². The summed E-state index contributed by atoms with van der Waals surface area (Å²) in [6.07, 6.45) is 1.38. The zero-order valence-corrected chi connectivity index (χ0v) is 17.9. The Kier molecular flexibility index (Phi) is 5.63. The van der Waals surface area contributed by atoms with E-state index in [4.69, 9.17) is 11.6 Å². The molecule has 0 aliphatic carbocycles. The molecule has 1 aliphatic heterocycles. The van der Waals surface area contributed by atoms with Crippen molar-refractivity contribution in [1.82, 2.24) is 5.32 Å². The van der Waals surface area contributed by atoms with Crippen molar-refractivity contribution in [2.24, 2.45) is 0 Å². The summed E-state index contributed by atoms with van der Waals surface area (Å²) in [6, 6.07) is 15.8. The fourth-order valence-corrected chi connectivity index (χ4v) is 6.09. The van der Waals surface area contributed by atoms with Gasteiger partial charge in [-0.25, -0.2) is 8.42 Å². The van der Waals surface area contributed by atoms with Crippen molar-refractivity contribution in [2.75, 3.05) is 17.4 Å². The van der Waals surface area contributed by atoms with E-state index in [-0.39, 0.29) is 21.4 Å². The van der Waals surface area contributed by atoms with E-state index in [2.05, 4.69) is 5.32 Å². The number of thiophene rings is 1. The summed E-state index contributed by atoms with van der Waals surface area (Å²) < 4.78 is 27.9. The van der Waals surface area contributed by atoms with Gasteiger partial charge >= 0.3 is 0 Å². The molecular formula is C21H19ClN2O3S2. The maximum Gasteiger partial charge on any atom is 0.265 e. The van der Waals surface area contributed by atoms with Crippen LogP contribution in [0.1, 0.15) is 20.8 Å². The third-order valence-corrected chi connectivity index (χ3v) is 8.07. The first kappa shape index (κ1) is 19.9. The Hall–Kier alpha value is -2.35. The van der Waals surface area contributed by atoms with Crippen LogP contribution in [0.25, 0.3) is 0 Å². The molecule has 0 saturated carbocycles. The van der Waals surface area contributed by atoms with Crippen molar-refractivity contribution in [3.63, 3.8) is 0 Å². The van der Waals surface area contributed by atoms with Gasteiger partial charge in [-0.1, -0.05) is 35.9 Å².